The van der Waals surface area contributed by atoms with Gasteiger partial charge < -0.3 is 15.2 Å². The number of hydrogen-bond acceptors (Lipinski definition) is 3. The molecule has 0 saturated heterocycles. The summed E-state index contributed by atoms with van der Waals surface area (Å²) in [5, 5.41) is 13.5. The van der Waals surface area contributed by atoms with Crippen LogP contribution in [0.5, 0.6) is 5.75 Å². The molecule has 0 aromatic heterocycles. The number of aliphatic hydroxyl groups excluding tert-OH is 1. The average Bonchev–Trinajstić information content (AvgIpc) is 2.56. The number of ether oxygens (including phenoxy) is 1. The lowest BCUT2D eigenvalue weighted by atomic mass is 9.93. The molecule has 1 aliphatic heterocycles. The Morgan fingerprint density at radius 1 is 1.10 bits per heavy atom. The van der Waals surface area contributed by atoms with Gasteiger partial charge in [0.1, 0.15) is 5.75 Å². The molecule has 2 aromatic rings. The van der Waals surface area contributed by atoms with Crippen LogP contribution in [0.15, 0.2) is 54.6 Å². The maximum Gasteiger partial charge on any atom is 0.122 e. The fourth-order valence-electron chi connectivity index (χ4n) is 2.82. The van der Waals surface area contributed by atoms with Crippen molar-refractivity contribution >= 4 is 0 Å². The fourth-order valence-corrected chi connectivity index (χ4v) is 2.82. The highest BCUT2D eigenvalue weighted by molar-refractivity contribution is 5.37. The van der Waals surface area contributed by atoms with Crippen molar-refractivity contribution < 1.29 is 9.84 Å². The van der Waals surface area contributed by atoms with E-state index in [1.165, 1.54) is 5.56 Å². The monoisotopic (exact) mass is 283 g/mol. The molecule has 1 aliphatic rings. The third-order valence-electron chi connectivity index (χ3n) is 4.00. The van der Waals surface area contributed by atoms with E-state index in [2.05, 4.69) is 17.4 Å². The van der Waals surface area contributed by atoms with E-state index in [9.17, 15) is 5.11 Å². The molecule has 2 atom stereocenters. The van der Waals surface area contributed by atoms with Crippen molar-refractivity contribution in [1.82, 2.24) is 5.32 Å². The van der Waals surface area contributed by atoms with E-state index in [-0.39, 0.29) is 0 Å². The van der Waals surface area contributed by atoms with Crippen LogP contribution < -0.4 is 10.1 Å². The van der Waals surface area contributed by atoms with Crippen LogP contribution in [-0.2, 0) is 0 Å². The summed E-state index contributed by atoms with van der Waals surface area (Å²) in [6, 6.07) is 18.0. The molecule has 21 heavy (non-hydrogen) atoms. The lowest BCUT2D eigenvalue weighted by Crippen LogP contribution is -2.29. The van der Waals surface area contributed by atoms with Crippen LogP contribution >= 0.6 is 0 Å². The Kier molecular flexibility index (Phi) is 4.53. The van der Waals surface area contributed by atoms with E-state index in [1.54, 1.807) is 0 Å². The Morgan fingerprint density at radius 2 is 1.86 bits per heavy atom. The normalized spacial score (nSPS) is 18.6. The molecule has 3 heteroatoms. The second kappa shape index (κ2) is 6.74. The Balaban J connectivity index is 1.55. The molecule has 2 unspecified atom stereocenters. The van der Waals surface area contributed by atoms with Crippen molar-refractivity contribution in [3.05, 3.63) is 65.7 Å². The topological polar surface area (TPSA) is 41.5 Å². The van der Waals surface area contributed by atoms with Gasteiger partial charge in [0.05, 0.1) is 12.7 Å². The summed E-state index contributed by atoms with van der Waals surface area (Å²) in [7, 11) is 0. The standard InChI is InChI=1S/C18H21NO2/c20-17(14-6-2-1-3-7-14)13-19-12-15-10-11-21-18-9-5-4-8-16(15)18/h1-9,15,17,19-20H,10-13H2. The Bertz CT molecular complexity index is 570. The van der Waals surface area contributed by atoms with E-state index in [0.717, 1.165) is 30.9 Å². The van der Waals surface area contributed by atoms with Crippen molar-refractivity contribution in [2.45, 2.75) is 18.4 Å². The second-order valence-electron chi connectivity index (χ2n) is 5.46. The lowest BCUT2D eigenvalue weighted by Gasteiger charge is -2.26. The number of para-hydroxylation sites is 1. The maximum absolute atomic E-state index is 10.2. The van der Waals surface area contributed by atoms with Crippen LogP contribution in [0, 0.1) is 0 Å². The predicted octanol–water partition coefficient (Wildman–Crippen LogP) is 2.88. The number of nitrogens with one attached hydrogen (secondary N) is 1. The van der Waals surface area contributed by atoms with Gasteiger partial charge in [-0.25, -0.2) is 0 Å². The smallest absolute Gasteiger partial charge is 0.122 e. The van der Waals surface area contributed by atoms with E-state index in [0.29, 0.717) is 12.5 Å². The summed E-state index contributed by atoms with van der Waals surface area (Å²) in [6.07, 6.45) is 0.562. The number of fused-ring (bicyclic) bond motifs is 1. The van der Waals surface area contributed by atoms with Crippen molar-refractivity contribution in [2.75, 3.05) is 19.7 Å². The van der Waals surface area contributed by atoms with Crippen molar-refractivity contribution in [2.24, 2.45) is 0 Å². The number of aliphatic hydroxyl groups is 1. The van der Waals surface area contributed by atoms with E-state index < -0.39 is 6.10 Å². The maximum atomic E-state index is 10.2. The minimum absolute atomic E-state index is 0.456. The third kappa shape index (κ3) is 3.43. The number of rotatable bonds is 5. The molecule has 0 spiro atoms. The summed E-state index contributed by atoms with van der Waals surface area (Å²) in [5.41, 5.74) is 2.22. The van der Waals surface area contributed by atoms with Gasteiger partial charge in [-0.3, -0.25) is 0 Å². The second-order valence-corrected chi connectivity index (χ2v) is 5.46. The number of benzene rings is 2. The zero-order chi connectivity index (χ0) is 14.5. The molecule has 0 bridgehead atoms. The van der Waals surface area contributed by atoms with Gasteiger partial charge in [0.25, 0.3) is 0 Å². The first-order chi connectivity index (χ1) is 10.3. The summed E-state index contributed by atoms with van der Waals surface area (Å²) < 4.78 is 5.67. The molecule has 0 saturated carbocycles. The molecule has 3 rings (SSSR count). The highest BCUT2D eigenvalue weighted by Gasteiger charge is 2.20. The Hall–Kier alpha value is -1.84. The molecule has 3 nitrogen and oxygen atoms in total. The van der Waals surface area contributed by atoms with Crippen LogP contribution in [0.25, 0.3) is 0 Å². The molecule has 0 aliphatic carbocycles. The minimum Gasteiger partial charge on any atom is -0.493 e. The van der Waals surface area contributed by atoms with E-state index >= 15 is 0 Å². The first-order valence-electron chi connectivity index (χ1n) is 7.50. The van der Waals surface area contributed by atoms with Gasteiger partial charge in [-0.1, -0.05) is 48.5 Å². The van der Waals surface area contributed by atoms with Gasteiger partial charge in [0, 0.05) is 19.0 Å². The highest BCUT2D eigenvalue weighted by atomic mass is 16.5. The minimum atomic E-state index is -0.457. The van der Waals surface area contributed by atoms with Gasteiger partial charge in [-0.05, 0) is 23.6 Å². The van der Waals surface area contributed by atoms with E-state index in [1.807, 2.05) is 42.5 Å². The van der Waals surface area contributed by atoms with Crippen LogP contribution in [0.1, 0.15) is 29.6 Å². The molecule has 0 amide bonds. The molecule has 0 fully saturated rings. The Labute approximate surface area is 125 Å². The van der Waals surface area contributed by atoms with Crippen LogP contribution in [-0.4, -0.2) is 24.8 Å². The zero-order valence-corrected chi connectivity index (χ0v) is 12.0. The van der Waals surface area contributed by atoms with Crippen LogP contribution in [0.3, 0.4) is 0 Å². The van der Waals surface area contributed by atoms with Gasteiger partial charge in [-0.15, -0.1) is 0 Å². The van der Waals surface area contributed by atoms with E-state index in [4.69, 9.17) is 4.74 Å². The summed E-state index contributed by atoms with van der Waals surface area (Å²) >= 11 is 0. The first-order valence-corrected chi connectivity index (χ1v) is 7.50. The largest absolute Gasteiger partial charge is 0.493 e. The summed E-state index contributed by atoms with van der Waals surface area (Å²) in [6.45, 7) is 2.21. The Morgan fingerprint density at radius 3 is 2.71 bits per heavy atom. The lowest BCUT2D eigenvalue weighted by molar-refractivity contribution is 0.172. The summed E-state index contributed by atoms with van der Waals surface area (Å²) in [4.78, 5) is 0. The van der Waals surface area contributed by atoms with Crippen molar-refractivity contribution in [3.8, 4) is 5.75 Å². The summed E-state index contributed by atoms with van der Waals surface area (Å²) in [5.74, 6) is 1.46. The van der Waals surface area contributed by atoms with Crippen molar-refractivity contribution in [3.63, 3.8) is 0 Å². The highest BCUT2D eigenvalue weighted by Crippen LogP contribution is 2.32. The van der Waals surface area contributed by atoms with Crippen LogP contribution in [0.4, 0.5) is 0 Å². The van der Waals surface area contributed by atoms with Crippen molar-refractivity contribution in [1.29, 1.82) is 0 Å². The fraction of sp³-hybridized carbons (Fsp3) is 0.333. The SMILES string of the molecule is OC(CNCC1CCOc2ccccc21)c1ccccc1. The quantitative estimate of drug-likeness (QED) is 0.886. The predicted molar refractivity (Wildman–Crippen MR) is 83.6 cm³/mol. The molecule has 2 aromatic carbocycles. The zero-order valence-electron chi connectivity index (χ0n) is 12.0. The van der Waals surface area contributed by atoms with Gasteiger partial charge in [0.15, 0.2) is 0 Å². The van der Waals surface area contributed by atoms with Gasteiger partial charge in [-0.2, -0.15) is 0 Å². The molecule has 110 valence electrons. The molecular formula is C18H21NO2. The average molecular weight is 283 g/mol. The number of hydrogen-bond donors (Lipinski definition) is 2. The third-order valence-corrected chi connectivity index (χ3v) is 4.00. The molecular weight excluding hydrogens is 262 g/mol. The van der Waals surface area contributed by atoms with Gasteiger partial charge >= 0.3 is 0 Å². The molecule has 0 radical (unpaired) electrons. The van der Waals surface area contributed by atoms with Crippen LogP contribution in [0.2, 0.25) is 0 Å². The molecule has 1 heterocycles. The first kappa shape index (κ1) is 14.1. The van der Waals surface area contributed by atoms with Gasteiger partial charge in [0.2, 0.25) is 0 Å². The molecule has 2 N–H and O–H groups in total.